The second kappa shape index (κ2) is 12.4. The Bertz CT molecular complexity index is 1110. The molecule has 0 unspecified atom stereocenters. The van der Waals surface area contributed by atoms with Gasteiger partial charge in [-0.05, 0) is 66.9 Å². The predicted molar refractivity (Wildman–Crippen MR) is 138 cm³/mol. The number of thiophene rings is 1. The minimum Gasteiger partial charge on any atom is -0.497 e. The van der Waals surface area contributed by atoms with Crippen LogP contribution < -0.4 is 10.1 Å². The Kier molecular flexibility index (Phi) is 9.25. The summed E-state index contributed by atoms with van der Waals surface area (Å²) in [7, 11) is 1.58. The van der Waals surface area contributed by atoms with Gasteiger partial charge < -0.3 is 19.9 Å². The van der Waals surface area contributed by atoms with Gasteiger partial charge >= 0.3 is 6.03 Å². The molecule has 186 valence electrons. The molecule has 1 heterocycles. The topological polar surface area (TPSA) is 61.9 Å². The molecule has 35 heavy (non-hydrogen) atoms. The van der Waals surface area contributed by atoms with E-state index in [-0.39, 0.29) is 30.2 Å². The van der Waals surface area contributed by atoms with Crippen LogP contribution in [0.4, 0.5) is 14.9 Å². The molecule has 2 aromatic carbocycles. The van der Waals surface area contributed by atoms with Gasteiger partial charge in [0.1, 0.15) is 18.1 Å². The highest BCUT2D eigenvalue weighted by atomic mass is 32.1. The number of nitrogens with one attached hydrogen (secondary N) is 1. The van der Waals surface area contributed by atoms with Crippen molar-refractivity contribution in [2.45, 2.75) is 33.9 Å². The lowest BCUT2D eigenvalue weighted by Gasteiger charge is -2.29. The molecule has 0 saturated heterocycles. The third kappa shape index (κ3) is 8.10. The summed E-state index contributed by atoms with van der Waals surface area (Å²) in [4.78, 5) is 32.0. The number of hydrogen-bond donors (Lipinski definition) is 1. The molecule has 8 heteroatoms. The van der Waals surface area contributed by atoms with E-state index in [1.807, 2.05) is 32.9 Å². The third-order valence-electron chi connectivity index (χ3n) is 5.32. The average Bonchev–Trinajstić information content (AvgIpc) is 3.24. The van der Waals surface area contributed by atoms with Crippen molar-refractivity contribution in [2.24, 2.45) is 5.92 Å². The molecule has 1 N–H and O–H groups in total. The van der Waals surface area contributed by atoms with Crippen LogP contribution in [-0.4, -0.2) is 41.9 Å². The molecule has 6 nitrogen and oxygen atoms in total. The van der Waals surface area contributed by atoms with Crippen molar-refractivity contribution >= 4 is 29.0 Å². The highest BCUT2D eigenvalue weighted by molar-refractivity contribution is 7.11. The number of rotatable bonds is 10. The minimum absolute atomic E-state index is 0.0638. The molecule has 3 amide bonds. The number of methoxy groups -OCH3 is 1. The monoisotopic (exact) mass is 497 g/mol. The number of aryl methyl sites for hydroxylation is 1. The Morgan fingerprint density at radius 3 is 2.23 bits per heavy atom. The molecule has 0 aliphatic rings. The van der Waals surface area contributed by atoms with E-state index < -0.39 is 0 Å². The van der Waals surface area contributed by atoms with E-state index in [0.29, 0.717) is 31.1 Å². The van der Waals surface area contributed by atoms with Gasteiger partial charge in [-0.25, -0.2) is 9.18 Å². The minimum atomic E-state index is -0.342. The van der Waals surface area contributed by atoms with Crippen LogP contribution in [-0.2, 0) is 17.9 Å². The summed E-state index contributed by atoms with van der Waals surface area (Å²) < 4.78 is 18.6. The van der Waals surface area contributed by atoms with Gasteiger partial charge in [-0.2, -0.15) is 0 Å². The fraction of sp³-hybridized carbons (Fsp3) is 0.333. The number of anilines is 1. The summed E-state index contributed by atoms with van der Waals surface area (Å²) in [6, 6.07) is 16.9. The van der Waals surface area contributed by atoms with Gasteiger partial charge in [0.15, 0.2) is 0 Å². The quantitative estimate of drug-likeness (QED) is 0.378. The molecular formula is C27H32FN3O3S. The van der Waals surface area contributed by atoms with Crippen LogP contribution in [0.3, 0.4) is 0 Å². The van der Waals surface area contributed by atoms with E-state index in [4.69, 9.17) is 4.74 Å². The second-order valence-corrected chi connectivity index (χ2v) is 10.2. The van der Waals surface area contributed by atoms with Gasteiger partial charge in [-0.3, -0.25) is 4.79 Å². The van der Waals surface area contributed by atoms with E-state index in [1.165, 1.54) is 17.0 Å². The first kappa shape index (κ1) is 26.2. The lowest BCUT2D eigenvalue weighted by Crippen LogP contribution is -2.45. The molecule has 0 fully saturated rings. The number of carbonyl (C=O) groups excluding carboxylic acids is 2. The Hall–Kier alpha value is -3.39. The molecule has 3 aromatic rings. The van der Waals surface area contributed by atoms with Crippen molar-refractivity contribution < 1.29 is 18.7 Å². The van der Waals surface area contributed by atoms with Crippen molar-refractivity contribution in [2.75, 3.05) is 25.5 Å². The maximum atomic E-state index is 13.5. The number of carbonyl (C=O) groups is 2. The molecule has 1 aromatic heterocycles. The van der Waals surface area contributed by atoms with Crippen LogP contribution in [0, 0.1) is 18.7 Å². The van der Waals surface area contributed by atoms with E-state index in [2.05, 4.69) is 5.32 Å². The van der Waals surface area contributed by atoms with E-state index in [9.17, 15) is 14.0 Å². The standard InChI is InChI=1S/C27H32FN3O3S/c1-19(2)15-31(27(33)29-23-10-12-24(34-4)13-11-23)18-26(32)30(17-25-14-5-20(3)35-25)16-21-6-8-22(28)9-7-21/h5-14,19H,15-18H2,1-4H3,(H,29,33). The lowest BCUT2D eigenvalue weighted by molar-refractivity contribution is -0.133. The summed E-state index contributed by atoms with van der Waals surface area (Å²) in [5.74, 6) is 0.372. The maximum absolute atomic E-state index is 13.5. The molecular weight excluding hydrogens is 465 g/mol. The first-order chi connectivity index (χ1) is 16.7. The number of ether oxygens (including phenoxy) is 1. The van der Waals surface area contributed by atoms with Crippen LogP contribution >= 0.6 is 11.3 Å². The van der Waals surface area contributed by atoms with Gasteiger partial charge in [0.25, 0.3) is 0 Å². The average molecular weight is 498 g/mol. The number of benzene rings is 2. The molecule has 0 atom stereocenters. The van der Waals surface area contributed by atoms with Crippen LogP contribution in [0.1, 0.15) is 29.2 Å². The van der Waals surface area contributed by atoms with E-state index in [1.54, 1.807) is 59.7 Å². The fourth-order valence-electron chi connectivity index (χ4n) is 3.60. The number of halogens is 1. The van der Waals surface area contributed by atoms with E-state index >= 15 is 0 Å². The van der Waals surface area contributed by atoms with Crippen molar-refractivity contribution in [1.29, 1.82) is 0 Å². The summed E-state index contributed by atoms with van der Waals surface area (Å²) in [6.45, 7) is 7.14. The second-order valence-electron chi connectivity index (χ2n) is 8.82. The zero-order valence-electron chi connectivity index (χ0n) is 20.6. The summed E-state index contributed by atoms with van der Waals surface area (Å²) in [6.07, 6.45) is 0. The molecule has 0 spiro atoms. The SMILES string of the molecule is COc1ccc(NC(=O)N(CC(=O)N(Cc2ccc(F)cc2)Cc2ccc(C)s2)CC(C)C)cc1. The Balaban J connectivity index is 1.76. The van der Waals surface area contributed by atoms with Crippen LogP contribution in [0.15, 0.2) is 60.7 Å². The van der Waals surface area contributed by atoms with Gasteiger partial charge in [0.05, 0.1) is 13.7 Å². The summed E-state index contributed by atoms with van der Waals surface area (Å²) in [5, 5.41) is 2.87. The van der Waals surface area contributed by atoms with Crippen molar-refractivity contribution in [1.82, 2.24) is 9.80 Å². The predicted octanol–water partition coefficient (Wildman–Crippen LogP) is 5.92. The van der Waals surface area contributed by atoms with Gasteiger partial charge in [-0.15, -0.1) is 11.3 Å². The Morgan fingerprint density at radius 2 is 1.66 bits per heavy atom. The van der Waals surface area contributed by atoms with E-state index in [0.717, 1.165) is 15.3 Å². The fourth-order valence-corrected chi connectivity index (χ4v) is 4.51. The molecule has 0 aliphatic heterocycles. The molecule has 3 rings (SSSR count). The Labute approximate surface area is 210 Å². The highest BCUT2D eigenvalue weighted by Crippen LogP contribution is 2.20. The van der Waals surface area contributed by atoms with Gasteiger partial charge in [0, 0.05) is 28.5 Å². The van der Waals surface area contributed by atoms with Crippen molar-refractivity contribution in [3.63, 3.8) is 0 Å². The largest absolute Gasteiger partial charge is 0.497 e. The van der Waals surface area contributed by atoms with Crippen molar-refractivity contribution in [3.05, 3.63) is 81.8 Å². The Morgan fingerprint density at radius 1 is 0.971 bits per heavy atom. The molecule has 0 aliphatic carbocycles. The smallest absolute Gasteiger partial charge is 0.322 e. The first-order valence-electron chi connectivity index (χ1n) is 11.5. The number of urea groups is 1. The number of amides is 3. The normalized spacial score (nSPS) is 10.8. The van der Waals surface area contributed by atoms with Crippen LogP contribution in [0.2, 0.25) is 0 Å². The van der Waals surface area contributed by atoms with Crippen molar-refractivity contribution in [3.8, 4) is 5.75 Å². The molecule has 0 radical (unpaired) electrons. The third-order valence-corrected chi connectivity index (χ3v) is 6.31. The summed E-state index contributed by atoms with van der Waals surface area (Å²) >= 11 is 1.63. The number of hydrogen-bond acceptors (Lipinski definition) is 4. The molecule has 0 bridgehead atoms. The summed E-state index contributed by atoms with van der Waals surface area (Å²) in [5.41, 5.74) is 1.44. The zero-order valence-corrected chi connectivity index (χ0v) is 21.4. The van der Waals surface area contributed by atoms with Crippen LogP contribution in [0.5, 0.6) is 5.75 Å². The number of nitrogens with zero attached hydrogens (tertiary/aromatic N) is 2. The lowest BCUT2D eigenvalue weighted by atomic mass is 10.2. The molecule has 0 saturated carbocycles. The van der Waals surface area contributed by atoms with Gasteiger partial charge in [0.2, 0.25) is 5.91 Å². The zero-order chi connectivity index (χ0) is 25.4. The maximum Gasteiger partial charge on any atom is 0.322 e. The van der Waals surface area contributed by atoms with Gasteiger partial charge in [-0.1, -0.05) is 26.0 Å². The van der Waals surface area contributed by atoms with Crippen LogP contribution in [0.25, 0.3) is 0 Å². The first-order valence-corrected chi connectivity index (χ1v) is 12.3. The highest BCUT2D eigenvalue weighted by Gasteiger charge is 2.23.